The van der Waals surface area contributed by atoms with Crippen molar-refractivity contribution in [3.05, 3.63) is 262 Å². The van der Waals surface area contributed by atoms with E-state index in [4.69, 9.17) is 49.5 Å². The lowest BCUT2D eigenvalue weighted by Gasteiger charge is -2.18. The standard InChI is InChI=1S/C44H46N2O4S.C36H39ClO5/c1-4-16-36-40(23-14-24-41(36)50-39-22-13-12-17-32(39)3)47-25-15-26-48-42-28-43(49-30-33-18-8-6-9-19-33)37(27-35(42)5-2)38-29-45-44(46-38)51-31-34-20-10-7-11-21-34;1-4-13-29-33(18-11-19-34(29)42-32-17-10-9-14-26(32)3)39-20-12-21-40-35-23-36(41-25-27-15-7-6-8-16-27)30(31(38)24-37)22-28(35)5-2/h6-14,17-24,27-29H,4-5,15-16,25-26,30-31H2,1-3H3,(H,45,46);6-11,14-19,22-23H,4-5,12-13,20-21,24-25H2,1-3H3. The maximum Gasteiger partial charge on any atom is 0.181 e. The Morgan fingerprint density at radius 2 is 0.882 bits per heavy atom. The summed E-state index contributed by atoms with van der Waals surface area (Å²) >= 11 is 7.60. The van der Waals surface area contributed by atoms with E-state index in [9.17, 15) is 4.79 Å². The molecule has 0 amide bonds. The summed E-state index contributed by atoms with van der Waals surface area (Å²) in [5, 5.41) is 0.871. The maximum atomic E-state index is 12.6. The number of hydrogen-bond donors (Lipinski definition) is 1. The SMILES string of the molecule is CCCc1c(OCCCOc2cc(OCc3ccccc3)c(-c3cnc(SCc4ccccc4)[nH]3)cc2CC)cccc1Oc1ccccc1C.CCCc1c(OCCCOc2cc(OCc3ccccc3)c(C(=O)CCl)cc2CC)cccc1Oc1ccccc1C. The van der Waals surface area contributed by atoms with Crippen LogP contribution in [-0.2, 0) is 44.6 Å². The summed E-state index contributed by atoms with van der Waals surface area (Å²) in [6.07, 6.45) is 8.51. The monoisotopic (exact) mass is 1280 g/mol. The lowest BCUT2D eigenvalue weighted by Crippen LogP contribution is -2.10. The van der Waals surface area contributed by atoms with Crippen LogP contribution in [0.4, 0.5) is 0 Å². The largest absolute Gasteiger partial charge is 0.493 e. The number of nitrogens with one attached hydrogen (secondary N) is 1. The number of aromatic nitrogens is 2. The molecule has 0 radical (unpaired) electrons. The average Bonchev–Trinajstić information content (AvgIpc) is 1.90. The van der Waals surface area contributed by atoms with E-state index in [0.717, 1.165) is 151 Å². The third kappa shape index (κ3) is 20.0. The first-order valence-electron chi connectivity index (χ1n) is 32.3. The van der Waals surface area contributed by atoms with Crippen LogP contribution in [0.2, 0.25) is 0 Å². The number of rotatable bonds is 34. The van der Waals surface area contributed by atoms with Gasteiger partial charge in [-0.15, -0.1) is 11.6 Å². The fourth-order valence-electron chi connectivity index (χ4n) is 10.5. The highest BCUT2D eigenvalue weighted by atomic mass is 35.5. The third-order valence-electron chi connectivity index (χ3n) is 15.5. The molecular formula is C80H85ClN2O9S. The molecule has 1 aromatic heterocycles. The summed E-state index contributed by atoms with van der Waals surface area (Å²) in [7, 11) is 0. The number of Topliss-reactive ketones (excluding diaryl/α,β-unsaturated/α-hetero) is 1. The van der Waals surface area contributed by atoms with Gasteiger partial charge < -0.3 is 42.9 Å². The van der Waals surface area contributed by atoms with Crippen LogP contribution in [0.25, 0.3) is 11.3 Å². The van der Waals surface area contributed by atoms with Crippen molar-refractivity contribution in [2.45, 2.75) is 117 Å². The van der Waals surface area contributed by atoms with Crippen LogP contribution in [-0.4, -0.2) is 48.1 Å². The zero-order valence-corrected chi connectivity index (χ0v) is 55.9. The first kappa shape index (κ1) is 68.3. The van der Waals surface area contributed by atoms with E-state index in [0.29, 0.717) is 69.5 Å². The van der Waals surface area contributed by atoms with Crippen LogP contribution < -0.4 is 37.9 Å². The first-order chi connectivity index (χ1) is 45.6. The van der Waals surface area contributed by atoms with E-state index >= 15 is 0 Å². The normalized spacial score (nSPS) is 10.9. The molecule has 0 aliphatic carbocycles. The van der Waals surface area contributed by atoms with E-state index in [1.165, 1.54) is 5.56 Å². The number of carbonyl (C=O) groups excluding carboxylic acids is 1. The van der Waals surface area contributed by atoms with Gasteiger partial charge in [0, 0.05) is 47.4 Å². The average molecular weight is 1290 g/mol. The van der Waals surface area contributed by atoms with Crippen molar-refractivity contribution in [3.8, 4) is 68.8 Å². The number of benzene rings is 9. The number of halogens is 1. The topological polar surface area (TPSA) is 120 Å². The molecule has 0 aliphatic rings. The number of aromatic amines is 1. The van der Waals surface area contributed by atoms with Crippen LogP contribution >= 0.6 is 23.4 Å². The summed E-state index contributed by atoms with van der Waals surface area (Å²) in [5.41, 5.74) is 12.1. The molecule has 1 N–H and O–H groups in total. The van der Waals surface area contributed by atoms with Crippen molar-refractivity contribution in [2.24, 2.45) is 0 Å². The van der Waals surface area contributed by atoms with Crippen LogP contribution in [0.5, 0.6) is 57.5 Å². The first-order valence-corrected chi connectivity index (χ1v) is 33.9. The van der Waals surface area contributed by atoms with E-state index in [1.807, 2.05) is 172 Å². The molecule has 0 saturated carbocycles. The van der Waals surface area contributed by atoms with Crippen LogP contribution in [0.15, 0.2) is 212 Å². The number of carbonyl (C=O) groups is 1. The molecule has 11 nitrogen and oxygen atoms in total. The van der Waals surface area contributed by atoms with Gasteiger partial charge in [0.2, 0.25) is 0 Å². The van der Waals surface area contributed by atoms with E-state index in [1.54, 1.807) is 11.8 Å². The number of nitrogens with zero attached hydrogens (tertiary/aromatic N) is 1. The molecule has 1 heterocycles. The molecule has 482 valence electrons. The summed E-state index contributed by atoms with van der Waals surface area (Å²) in [6.45, 7) is 15.4. The van der Waals surface area contributed by atoms with Crippen molar-refractivity contribution < 1.29 is 42.7 Å². The molecule has 9 aromatic carbocycles. The summed E-state index contributed by atoms with van der Waals surface area (Å²) in [4.78, 5) is 20.8. The van der Waals surface area contributed by atoms with Gasteiger partial charge in [-0.1, -0.05) is 192 Å². The molecule has 0 fully saturated rings. The Balaban J connectivity index is 0.000000224. The Labute approximate surface area is 558 Å². The van der Waals surface area contributed by atoms with Gasteiger partial charge in [0.25, 0.3) is 0 Å². The molecule has 10 aromatic rings. The molecule has 0 spiro atoms. The molecular weight excluding hydrogens is 1200 g/mol. The van der Waals surface area contributed by atoms with Crippen LogP contribution in [0.3, 0.4) is 0 Å². The van der Waals surface area contributed by atoms with Crippen molar-refractivity contribution in [1.29, 1.82) is 0 Å². The Morgan fingerprint density at radius 1 is 0.452 bits per heavy atom. The Kier molecular flexibility index (Phi) is 26.6. The second kappa shape index (κ2) is 36.2. The number of imidazole rings is 1. The van der Waals surface area contributed by atoms with E-state index < -0.39 is 0 Å². The summed E-state index contributed by atoms with van der Waals surface area (Å²) < 4.78 is 50.4. The van der Waals surface area contributed by atoms with Gasteiger partial charge in [0.15, 0.2) is 10.9 Å². The highest BCUT2D eigenvalue weighted by Gasteiger charge is 2.20. The third-order valence-corrected chi connectivity index (χ3v) is 16.7. The van der Waals surface area contributed by atoms with Crippen molar-refractivity contribution in [3.63, 3.8) is 0 Å². The Hall–Kier alpha value is -9.10. The van der Waals surface area contributed by atoms with E-state index in [-0.39, 0.29) is 11.7 Å². The summed E-state index contributed by atoms with van der Waals surface area (Å²) in [5.74, 6) is 8.36. The maximum absolute atomic E-state index is 12.6. The molecule has 0 aliphatic heterocycles. The van der Waals surface area contributed by atoms with Crippen LogP contribution in [0.1, 0.15) is 114 Å². The lowest BCUT2D eigenvalue weighted by atomic mass is 10.0. The minimum Gasteiger partial charge on any atom is -0.493 e. The molecule has 0 atom stereocenters. The molecule has 13 heteroatoms. The minimum absolute atomic E-state index is 0.111. The quantitative estimate of drug-likeness (QED) is 0.0180. The number of H-pyrrole nitrogens is 1. The molecule has 0 unspecified atom stereocenters. The van der Waals surface area contributed by atoms with Gasteiger partial charge in [-0.25, -0.2) is 4.98 Å². The minimum atomic E-state index is -0.175. The fourth-order valence-corrected chi connectivity index (χ4v) is 11.4. The number of aryl methyl sites for hydroxylation is 4. The molecule has 93 heavy (non-hydrogen) atoms. The zero-order valence-electron chi connectivity index (χ0n) is 54.4. The summed E-state index contributed by atoms with van der Waals surface area (Å²) in [6, 6.07) is 66.4. The fraction of sp³-hybridized carbons (Fsp3) is 0.275. The number of thioether (sulfide) groups is 1. The number of para-hydroxylation sites is 2. The van der Waals surface area contributed by atoms with Gasteiger partial charge in [-0.3, -0.25) is 4.79 Å². The number of ether oxygens (including phenoxy) is 8. The number of alkyl halides is 1. The van der Waals surface area contributed by atoms with Gasteiger partial charge in [-0.2, -0.15) is 0 Å². The Bertz CT molecular complexity index is 3940. The van der Waals surface area contributed by atoms with Crippen molar-refractivity contribution >= 4 is 29.1 Å². The smallest absolute Gasteiger partial charge is 0.181 e. The van der Waals surface area contributed by atoms with Gasteiger partial charge in [-0.05, 0) is 127 Å². The number of ketones is 1. The van der Waals surface area contributed by atoms with Gasteiger partial charge in [0.05, 0.1) is 49.8 Å². The molecule has 0 saturated heterocycles. The highest BCUT2D eigenvalue weighted by Crippen LogP contribution is 2.40. The predicted octanol–water partition coefficient (Wildman–Crippen LogP) is 20.6. The predicted molar refractivity (Wildman–Crippen MR) is 376 cm³/mol. The van der Waals surface area contributed by atoms with Crippen LogP contribution in [0, 0.1) is 13.8 Å². The van der Waals surface area contributed by atoms with Crippen molar-refractivity contribution in [1.82, 2.24) is 9.97 Å². The van der Waals surface area contributed by atoms with E-state index in [2.05, 4.69) is 86.2 Å². The second-order valence-electron chi connectivity index (χ2n) is 22.4. The second-order valence-corrected chi connectivity index (χ2v) is 23.6. The van der Waals surface area contributed by atoms with Gasteiger partial charge in [0.1, 0.15) is 70.7 Å². The van der Waals surface area contributed by atoms with Crippen molar-refractivity contribution in [2.75, 3.05) is 32.3 Å². The zero-order chi connectivity index (χ0) is 65.0. The molecule has 0 bridgehead atoms. The molecule has 10 rings (SSSR count). The highest BCUT2D eigenvalue weighted by molar-refractivity contribution is 7.98. The number of hydrogen-bond acceptors (Lipinski definition) is 11. The van der Waals surface area contributed by atoms with Gasteiger partial charge >= 0.3 is 0 Å². The Morgan fingerprint density at radius 3 is 1.37 bits per heavy atom. The lowest BCUT2D eigenvalue weighted by molar-refractivity contribution is 0.101.